The highest BCUT2D eigenvalue weighted by atomic mass is 16.3. The standard InChI is InChI=1S/C15H21NO2/c1-13(18)9-10-16(2)12-15-7-5-14(6-8-15)4-3-11-17/h5-8,13,17-18H,9-12H2,1-2H3. The van der Waals surface area contributed by atoms with Crippen molar-refractivity contribution < 1.29 is 10.2 Å². The molecule has 1 aromatic rings. The van der Waals surface area contributed by atoms with Crippen molar-refractivity contribution in [1.82, 2.24) is 4.90 Å². The molecule has 0 aliphatic heterocycles. The van der Waals surface area contributed by atoms with Crippen LogP contribution in [0.5, 0.6) is 0 Å². The summed E-state index contributed by atoms with van der Waals surface area (Å²) in [5.74, 6) is 5.49. The van der Waals surface area contributed by atoms with Crippen molar-refractivity contribution in [2.75, 3.05) is 20.2 Å². The average Bonchev–Trinajstić information content (AvgIpc) is 2.35. The Morgan fingerprint density at radius 1 is 1.28 bits per heavy atom. The predicted molar refractivity (Wildman–Crippen MR) is 73.0 cm³/mol. The molecule has 0 aliphatic carbocycles. The number of aliphatic hydroxyl groups excluding tert-OH is 2. The molecule has 1 rings (SSSR count). The molecule has 98 valence electrons. The highest BCUT2D eigenvalue weighted by molar-refractivity contribution is 5.36. The zero-order valence-electron chi connectivity index (χ0n) is 11.1. The van der Waals surface area contributed by atoms with Crippen LogP contribution in [0, 0.1) is 11.8 Å². The summed E-state index contributed by atoms with van der Waals surface area (Å²) in [7, 11) is 2.04. The average molecular weight is 247 g/mol. The van der Waals surface area contributed by atoms with E-state index in [1.807, 2.05) is 38.2 Å². The fraction of sp³-hybridized carbons (Fsp3) is 0.467. The van der Waals surface area contributed by atoms with Crippen LogP contribution in [0.1, 0.15) is 24.5 Å². The third kappa shape index (κ3) is 5.83. The van der Waals surface area contributed by atoms with Gasteiger partial charge in [0.2, 0.25) is 0 Å². The summed E-state index contributed by atoms with van der Waals surface area (Å²) < 4.78 is 0. The SMILES string of the molecule is CC(O)CCN(C)Cc1ccc(C#CCO)cc1. The second-order valence-electron chi connectivity index (χ2n) is 4.53. The number of aliphatic hydroxyl groups is 2. The lowest BCUT2D eigenvalue weighted by molar-refractivity contribution is 0.163. The van der Waals surface area contributed by atoms with E-state index in [0.717, 1.165) is 25.1 Å². The molecule has 0 fully saturated rings. The summed E-state index contributed by atoms with van der Waals surface area (Å²) in [5.41, 5.74) is 2.14. The molecule has 1 unspecified atom stereocenters. The number of hydrogen-bond donors (Lipinski definition) is 2. The Hall–Kier alpha value is -1.34. The van der Waals surface area contributed by atoms with Crippen molar-refractivity contribution in [3.8, 4) is 11.8 Å². The van der Waals surface area contributed by atoms with Crippen LogP contribution in [0.15, 0.2) is 24.3 Å². The lowest BCUT2D eigenvalue weighted by atomic mass is 10.1. The molecule has 0 radical (unpaired) electrons. The van der Waals surface area contributed by atoms with Crippen LogP contribution in [0.3, 0.4) is 0 Å². The van der Waals surface area contributed by atoms with E-state index in [1.165, 1.54) is 5.56 Å². The van der Waals surface area contributed by atoms with E-state index in [0.29, 0.717) is 0 Å². The molecular formula is C15H21NO2. The van der Waals surface area contributed by atoms with Gasteiger partial charge >= 0.3 is 0 Å². The number of benzene rings is 1. The highest BCUT2D eigenvalue weighted by Gasteiger charge is 2.02. The summed E-state index contributed by atoms with van der Waals surface area (Å²) in [6, 6.07) is 8.00. The Morgan fingerprint density at radius 3 is 2.50 bits per heavy atom. The van der Waals surface area contributed by atoms with E-state index in [-0.39, 0.29) is 12.7 Å². The Labute approximate surface area is 109 Å². The first-order valence-electron chi connectivity index (χ1n) is 6.17. The third-order valence-corrected chi connectivity index (χ3v) is 2.65. The van der Waals surface area contributed by atoms with Crippen molar-refractivity contribution >= 4 is 0 Å². The van der Waals surface area contributed by atoms with Gasteiger partial charge in [0.05, 0.1) is 6.10 Å². The maximum absolute atomic E-state index is 9.22. The van der Waals surface area contributed by atoms with E-state index in [2.05, 4.69) is 16.7 Å². The van der Waals surface area contributed by atoms with Gasteiger partial charge in [0.15, 0.2) is 0 Å². The minimum Gasteiger partial charge on any atom is -0.393 e. The lowest BCUT2D eigenvalue weighted by Gasteiger charge is -2.17. The summed E-state index contributed by atoms with van der Waals surface area (Å²) in [6.45, 7) is 3.44. The van der Waals surface area contributed by atoms with Gasteiger partial charge in [-0.3, -0.25) is 0 Å². The van der Waals surface area contributed by atoms with E-state index < -0.39 is 0 Å². The topological polar surface area (TPSA) is 43.7 Å². The van der Waals surface area contributed by atoms with Crippen LogP contribution >= 0.6 is 0 Å². The summed E-state index contributed by atoms with van der Waals surface area (Å²) in [5, 5.41) is 17.8. The molecule has 0 bridgehead atoms. The summed E-state index contributed by atoms with van der Waals surface area (Å²) >= 11 is 0. The van der Waals surface area contributed by atoms with Gasteiger partial charge in [0.25, 0.3) is 0 Å². The van der Waals surface area contributed by atoms with Gasteiger partial charge in [0, 0.05) is 18.7 Å². The smallest absolute Gasteiger partial charge is 0.104 e. The first kappa shape index (κ1) is 14.7. The van der Waals surface area contributed by atoms with Crippen molar-refractivity contribution in [3.63, 3.8) is 0 Å². The molecule has 0 saturated heterocycles. The normalized spacial score (nSPS) is 12.1. The van der Waals surface area contributed by atoms with Crippen LogP contribution in [-0.4, -0.2) is 41.4 Å². The number of rotatable bonds is 5. The summed E-state index contributed by atoms with van der Waals surface area (Å²) in [6.07, 6.45) is 0.542. The molecule has 0 amide bonds. The maximum Gasteiger partial charge on any atom is 0.104 e. The van der Waals surface area contributed by atoms with Crippen LogP contribution in [0.4, 0.5) is 0 Å². The van der Waals surface area contributed by atoms with Gasteiger partial charge in [0.1, 0.15) is 6.61 Å². The van der Waals surface area contributed by atoms with E-state index in [4.69, 9.17) is 5.11 Å². The minimum atomic E-state index is -0.247. The van der Waals surface area contributed by atoms with Crippen LogP contribution in [0.25, 0.3) is 0 Å². The van der Waals surface area contributed by atoms with E-state index in [1.54, 1.807) is 0 Å². The minimum absolute atomic E-state index is 0.107. The van der Waals surface area contributed by atoms with Crippen molar-refractivity contribution in [1.29, 1.82) is 0 Å². The van der Waals surface area contributed by atoms with Gasteiger partial charge in [-0.25, -0.2) is 0 Å². The molecule has 18 heavy (non-hydrogen) atoms. The van der Waals surface area contributed by atoms with E-state index >= 15 is 0 Å². The van der Waals surface area contributed by atoms with Gasteiger partial charge < -0.3 is 15.1 Å². The molecule has 0 saturated carbocycles. The van der Waals surface area contributed by atoms with Gasteiger partial charge in [-0.15, -0.1) is 0 Å². The van der Waals surface area contributed by atoms with E-state index in [9.17, 15) is 5.11 Å². The molecule has 3 nitrogen and oxygen atoms in total. The Kier molecular flexibility index (Phi) is 6.45. The largest absolute Gasteiger partial charge is 0.393 e. The van der Waals surface area contributed by atoms with Crippen LogP contribution in [-0.2, 0) is 6.54 Å². The van der Waals surface area contributed by atoms with Gasteiger partial charge in [-0.05, 0) is 38.1 Å². The van der Waals surface area contributed by atoms with Crippen LogP contribution < -0.4 is 0 Å². The molecule has 0 aromatic heterocycles. The van der Waals surface area contributed by atoms with Gasteiger partial charge in [-0.1, -0.05) is 24.0 Å². The molecule has 3 heteroatoms. The number of nitrogens with zero attached hydrogens (tertiary/aromatic N) is 1. The Balaban J connectivity index is 2.47. The molecule has 1 atom stereocenters. The molecule has 0 spiro atoms. The van der Waals surface area contributed by atoms with Crippen molar-refractivity contribution in [2.45, 2.75) is 26.0 Å². The highest BCUT2D eigenvalue weighted by Crippen LogP contribution is 2.06. The Bertz CT molecular complexity index is 401. The third-order valence-electron chi connectivity index (χ3n) is 2.65. The monoisotopic (exact) mass is 247 g/mol. The molecule has 0 aliphatic rings. The predicted octanol–water partition coefficient (Wildman–Crippen LogP) is 1.23. The zero-order valence-corrected chi connectivity index (χ0v) is 11.1. The first-order valence-corrected chi connectivity index (χ1v) is 6.17. The fourth-order valence-corrected chi connectivity index (χ4v) is 1.63. The number of hydrogen-bond acceptors (Lipinski definition) is 3. The quantitative estimate of drug-likeness (QED) is 0.769. The maximum atomic E-state index is 9.22. The lowest BCUT2D eigenvalue weighted by Crippen LogP contribution is -2.22. The van der Waals surface area contributed by atoms with Gasteiger partial charge in [-0.2, -0.15) is 0 Å². The molecular weight excluding hydrogens is 226 g/mol. The zero-order chi connectivity index (χ0) is 13.4. The first-order chi connectivity index (χ1) is 8.61. The molecule has 2 N–H and O–H groups in total. The second-order valence-corrected chi connectivity index (χ2v) is 4.53. The van der Waals surface area contributed by atoms with Crippen molar-refractivity contribution in [3.05, 3.63) is 35.4 Å². The molecule has 1 aromatic carbocycles. The fourth-order valence-electron chi connectivity index (χ4n) is 1.63. The summed E-state index contributed by atoms with van der Waals surface area (Å²) in [4.78, 5) is 2.18. The second kappa shape index (κ2) is 7.88. The molecule has 0 heterocycles. The van der Waals surface area contributed by atoms with Crippen LogP contribution in [0.2, 0.25) is 0 Å². The Morgan fingerprint density at radius 2 is 1.94 bits per heavy atom. The van der Waals surface area contributed by atoms with Crippen molar-refractivity contribution in [2.24, 2.45) is 0 Å².